The lowest BCUT2D eigenvalue weighted by atomic mass is 10.0. The highest BCUT2D eigenvalue weighted by Gasteiger charge is 2.24. The Balaban J connectivity index is 1.59. The third kappa shape index (κ3) is 4.81. The van der Waals surface area contributed by atoms with Crippen molar-refractivity contribution in [2.24, 2.45) is 0 Å². The summed E-state index contributed by atoms with van der Waals surface area (Å²) in [5.41, 5.74) is 1.19. The van der Waals surface area contributed by atoms with E-state index < -0.39 is 11.7 Å². The predicted molar refractivity (Wildman–Crippen MR) is 99.7 cm³/mol. The molecule has 1 aliphatic heterocycles. The number of hydrogen-bond donors (Lipinski definition) is 2. The Hall–Kier alpha value is -2.96. The zero-order chi connectivity index (χ0) is 19.4. The minimum absolute atomic E-state index is 0.00112. The number of rotatable bonds is 4. The summed E-state index contributed by atoms with van der Waals surface area (Å²) in [4.78, 5) is 25.5. The molecule has 7 heteroatoms. The van der Waals surface area contributed by atoms with Gasteiger partial charge in [-0.1, -0.05) is 0 Å². The number of benzene rings is 2. The lowest BCUT2D eigenvalue weighted by molar-refractivity contribution is -0.114. The van der Waals surface area contributed by atoms with E-state index in [1.807, 2.05) is 0 Å². The van der Waals surface area contributed by atoms with Crippen LogP contribution in [0.25, 0.3) is 0 Å². The standard InChI is InChI=1S/C20H21F2N3O2/c1-13(26)23-19-12-14(2-7-18(19)22)20(27)25-10-8-17(9-11-25)24-16-5-3-15(21)4-6-16/h2-7,12,17,24H,8-11H2,1H3,(H,23,26). The molecule has 27 heavy (non-hydrogen) atoms. The molecule has 142 valence electrons. The van der Waals surface area contributed by atoms with Crippen molar-refractivity contribution in [3.05, 3.63) is 59.7 Å². The van der Waals surface area contributed by atoms with E-state index in [1.54, 1.807) is 17.0 Å². The summed E-state index contributed by atoms with van der Waals surface area (Å²) in [6.07, 6.45) is 1.51. The van der Waals surface area contributed by atoms with Crippen LogP contribution >= 0.6 is 0 Å². The largest absolute Gasteiger partial charge is 0.382 e. The molecule has 0 aliphatic carbocycles. The summed E-state index contributed by atoms with van der Waals surface area (Å²) in [5.74, 6) is -1.45. The van der Waals surface area contributed by atoms with E-state index in [-0.39, 0.29) is 23.5 Å². The van der Waals surface area contributed by atoms with Crippen LogP contribution in [0, 0.1) is 11.6 Å². The van der Waals surface area contributed by atoms with Crippen LogP contribution in [0.4, 0.5) is 20.2 Å². The van der Waals surface area contributed by atoms with Gasteiger partial charge in [0.2, 0.25) is 5.91 Å². The van der Waals surface area contributed by atoms with Gasteiger partial charge in [0.25, 0.3) is 5.91 Å². The number of carbonyl (C=O) groups is 2. The molecule has 1 fully saturated rings. The Bertz CT molecular complexity index is 832. The summed E-state index contributed by atoms with van der Waals surface area (Å²) in [7, 11) is 0. The van der Waals surface area contributed by atoms with Crippen molar-refractivity contribution in [1.29, 1.82) is 0 Å². The molecule has 2 amide bonds. The van der Waals surface area contributed by atoms with Crippen molar-refractivity contribution in [2.75, 3.05) is 23.7 Å². The van der Waals surface area contributed by atoms with Gasteiger partial charge in [-0.3, -0.25) is 9.59 Å². The second-order valence-electron chi connectivity index (χ2n) is 6.59. The molecule has 3 rings (SSSR count). The van der Waals surface area contributed by atoms with Crippen LogP contribution in [0.2, 0.25) is 0 Å². The molecule has 5 nitrogen and oxygen atoms in total. The van der Waals surface area contributed by atoms with E-state index in [1.165, 1.54) is 37.3 Å². The SMILES string of the molecule is CC(=O)Nc1cc(C(=O)N2CCC(Nc3ccc(F)cc3)CC2)ccc1F. The first-order valence-corrected chi connectivity index (χ1v) is 8.81. The lowest BCUT2D eigenvalue weighted by Crippen LogP contribution is -2.42. The quantitative estimate of drug-likeness (QED) is 0.860. The molecule has 0 bridgehead atoms. The average molecular weight is 373 g/mol. The highest BCUT2D eigenvalue weighted by Crippen LogP contribution is 2.21. The lowest BCUT2D eigenvalue weighted by Gasteiger charge is -2.33. The molecule has 0 atom stereocenters. The minimum Gasteiger partial charge on any atom is -0.382 e. The van der Waals surface area contributed by atoms with E-state index in [0.29, 0.717) is 18.7 Å². The summed E-state index contributed by atoms with van der Waals surface area (Å²) in [6.45, 7) is 2.40. The second-order valence-corrected chi connectivity index (χ2v) is 6.59. The Morgan fingerprint density at radius 3 is 2.33 bits per heavy atom. The van der Waals surface area contributed by atoms with E-state index >= 15 is 0 Å². The molecule has 1 heterocycles. The molecular weight excluding hydrogens is 352 g/mol. The van der Waals surface area contributed by atoms with Crippen molar-refractivity contribution >= 4 is 23.2 Å². The molecule has 1 aliphatic rings. The van der Waals surface area contributed by atoms with Gasteiger partial charge < -0.3 is 15.5 Å². The molecule has 2 N–H and O–H groups in total. The summed E-state index contributed by atoms with van der Waals surface area (Å²) < 4.78 is 26.7. The molecule has 2 aromatic rings. The number of carbonyl (C=O) groups excluding carboxylic acids is 2. The van der Waals surface area contributed by atoms with Crippen LogP contribution in [-0.4, -0.2) is 35.8 Å². The van der Waals surface area contributed by atoms with Crippen molar-refractivity contribution in [2.45, 2.75) is 25.8 Å². The Labute approximate surface area is 156 Å². The smallest absolute Gasteiger partial charge is 0.253 e. The number of likely N-dealkylation sites (tertiary alicyclic amines) is 1. The van der Waals surface area contributed by atoms with Crippen molar-refractivity contribution in [3.8, 4) is 0 Å². The average Bonchev–Trinajstić information content (AvgIpc) is 2.65. The van der Waals surface area contributed by atoms with E-state index in [4.69, 9.17) is 0 Å². The van der Waals surface area contributed by atoms with Crippen LogP contribution < -0.4 is 10.6 Å². The third-order valence-electron chi connectivity index (χ3n) is 4.52. The van der Waals surface area contributed by atoms with Gasteiger partial charge in [-0.2, -0.15) is 0 Å². The summed E-state index contributed by atoms with van der Waals surface area (Å²) in [6, 6.07) is 10.4. The van der Waals surface area contributed by atoms with Crippen LogP contribution in [0.1, 0.15) is 30.1 Å². The van der Waals surface area contributed by atoms with E-state index in [2.05, 4.69) is 10.6 Å². The Morgan fingerprint density at radius 1 is 1.04 bits per heavy atom. The van der Waals surface area contributed by atoms with Gasteiger partial charge in [-0.25, -0.2) is 8.78 Å². The number of halogens is 2. The minimum atomic E-state index is -0.580. The first kappa shape index (κ1) is 18.8. The first-order valence-electron chi connectivity index (χ1n) is 8.81. The van der Waals surface area contributed by atoms with Crippen molar-refractivity contribution in [1.82, 2.24) is 4.90 Å². The summed E-state index contributed by atoms with van der Waals surface area (Å²) >= 11 is 0. The maximum atomic E-state index is 13.7. The molecular formula is C20H21F2N3O2. The van der Waals surface area contributed by atoms with Gasteiger partial charge in [0, 0.05) is 37.3 Å². The normalized spacial score (nSPS) is 14.7. The maximum Gasteiger partial charge on any atom is 0.253 e. The Morgan fingerprint density at radius 2 is 1.70 bits per heavy atom. The fourth-order valence-corrected chi connectivity index (χ4v) is 3.14. The fourth-order valence-electron chi connectivity index (χ4n) is 3.14. The zero-order valence-corrected chi connectivity index (χ0v) is 15.0. The van der Waals surface area contributed by atoms with Crippen molar-refractivity contribution in [3.63, 3.8) is 0 Å². The number of piperidine rings is 1. The fraction of sp³-hybridized carbons (Fsp3) is 0.300. The van der Waals surface area contributed by atoms with E-state index in [9.17, 15) is 18.4 Å². The van der Waals surface area contributed by atoms with Gasteiger partial charge in [-0.15, -0.1) is 0 Å². The van der Waals surface area contributed by atoms with Crippen LogP contribution in [-0.2, 0) is 4.79 Å². The zero-order valence-electron chi connectivity index (χ0n) is 15.0. The second kappa shape index (κ2) is 8.16. The highest BCUT2D eigenvalue weighted by atomic mass is 19.1. The molecule has 0 aromatic heterocycles. The first-order chi connectivity index (χ1) is 12.9. The van der Waals surface area contributed by atoms with Crippen molar-refractivity contribution < 1.29 is 18.4 Å². The number of hydrogen-bond acceptors (Lipinski definition) is 3. The molecule has 0 radical (unpaired) electrons. The highest BCUT2D eigenvalue weighted by molar-refractivity contribution is 5.97. The van der Waals surface area contributed by atoms with Crippen LogP contribution in [0.15, 0.2) is 42.5 Å². The molecule has 1 saturated heterocycles. The van der Waals surface area contributed by atoms with Gasteiger partial charge in [0.15, 0.2) is 0 Å². The molecule has 0 unspecified atom stereocenters. The topological polar surface area (TPSA) is 61.4 Å². The van der Waals surface area contributed by atoms with Crippen LogP contribution in [0.3, 0.4) is 0 Å². The monoisotopic (exact) mass is 373 g/mol. The molecule has 2 aromatic carbocycles. The Kier molecular flexibility index (Phi) is 5.69. The van der Waals surface area contributed by atoms with Gasteiger partial charge >= 0.3 is 0 Å². The van der Waals surface area contributed by atoms with Gasteiger partial charge in [0.05, 0.1) is 5.69 Å². The number of amides is 2. The summed E-state index contributed by atoms with van der Waals surface area (Å²) in [5, 5.41) is 5.73. The van der Waals surface area contributed by atoms with E-state index in [0.717, 1.165) is 18.5 Å². The predicted octanol–water partition coefficient (Wildman–Crippen LogP) is 3.64. The van der Waals surface area contributed by atoms with Crippen LogP contribution in [0.5, 0.6) is 0 Å². The number of nitrogens with one attached hydrogen (secondary N) is 2. The molecule has 0 saturated carbocycles. The number of nitrogens with zero attached hydrogens (tertiary/aromatic N) is 1. The molecule has 0 spiro atoms. The van der Waals surface area contributed by atoms with Gasteiger partial charge in [0.1, 0.15) is 11.6 Å². The third-order valence-corrected chi connectivity index (χ3v) is 4.52. The maximum absolute atomic E-state index is 13.7. The number of anilines is 2. The van der Waals surface area contributed by atoms with Gasteiger partial charge in [-0.05, 0) is 55.3 Å².